The van der Waals surface area contributed by atoms with Gasteiger partial charge in [-0.1, -0.05) is 64.4 Å². The number of imidazole rings is 1. The summed E-state index contributed by atoms with van der Waals surface area (Å²) in [6.07, 6.45) is 6.52. The number of carbonyl (C=O) groups excluding carboxylic acids is 1. The lowest BCUT2D eigenvalue weighted by molar-refractivity contribution is -0.116. The van der Waals surface area contributed by atoms with E-state index >= 15 is 0 Å². The molecule has 0 amide bonds. The number of carbonyl (C=O) groups is 1. The van der Waals surface area contributed by atoms with Gasteiger partial charge in [-0.2, -0.15) is 5.26 Å². The van der Waals surface area contributed by atoms with E-state index in [-0.39, 0.29) is 5.78 Å². The van der Waals surface area contributed by atoms with Crippen molar-refractivity contribution >= 4 is 16.6 Å². The first-order chi connectivity index (χ1) is 17.4. The molecule has 0 saturated heterocycles. The van der Waals surface area contributed by atoms with E-state index in [1.165, 1.54) is 16.6 Å². The fraction of sp³-hybridized carbons (Fsp3) is 0.323. The summed E-state index contributed by atoms with van der Waals surface area (Å²) >= 11 is 0. The van der Waals surface area contributed by atoms with Gasteiger partial charge < -0.3 is 14.1 Å². The smallest absolute Gasteiger partial charge is 0.145 e. The molecule has 3 aromatic carbocycles. The molecule has 0 N–H and O–H groups in total. The van der Waals surface area contributed by atoms with Gasteiger partial charge in [0.25, 0.3) is 0 Å². The molecule has 1 aromatic heterocycles. The van der Waals surface area contributed by atoms with Crippen LogP contribution in [0.25, 0.3) is 10.8 Å². The van der Waals surface area contributed by atoms with E-state index in [0.29, 0.717) is 24.3 Å². The Labute approximate surface area is 215 Å². The van der Waals surface area contributed by atoms with E-state index in [2.05, 4.69) is 53.7 Å². The molecule has 36 heavy (non-hydrogen) atoms. The maximum Gasteiger partial charge on any atom is 0.145 e. The Morgan fingerprint density at radius 2 is 1.83 bits per heavy atom. The minimum absolute atomic E-state index is 0.255. The van der Waals surface area contributed by atoms with Crippen molar-refractivity contribution in [3.05, 3.63) is 89.5 Å². The number of nitrogens with zero attached hydrogens (tertiary/aromatic N) is 3. The molecule has 5 nitrogen and oxygen atoms in total. The molecule has 0 saturated carbocycles. The molecular weight excluding hydrogens is 446 g/mol. The Kier molecular flexibility index (Phi) is 11.4. The van der Waals surface area contributed by atoms with Crippen LogP contribution in [0.5, 0.6) is 11.5 Å². The average Bonchev–Trinajstić information content (AvgIpc) is 3.33. The molecule has 0 unspecified atom stereocenters. The fourth-order valence-corrected chi connectivity index (χ4v) is 3.59. The molecule has 0 spiro atoms. The van der Waals surface area contributed by atoms with Crippen LogP contribution in [0.4, 0.5) is 0 Å². The first-order valence-electron chi connectivity index (χ1n) is 12.6. The van der Waals surface area contributed by atoms with Gasteiger partial charge in [-0.15, -0.1) is 0 Å². The van der Waals surface area contributed by atoms with Crippen LogP contribution >= 0.6 is 0 Å². The predicted octanol–water partition coefficient (Wildman–Crippen LogP) is 8.02. The highest BCUT2D eigenvalue weighted by molar-refractivity contribution is 5.86. The molecule has 188 valence electrons. The standard InChI is InChI=1S/C25H23N3O.C4H8O.C2H6/c1-3-5-22-15-27-17-28(22)16-19-8-9-21(14-26)25(12-19)29-23-11-10-20-7-4-6-18(2)24(20)13-23;1-3-4(2)5;1-2/h4,6-13,15,17H,3,5,16H2,1-2H3;3H2,1-2H3;1-2H3. The van der Waals surface area contributed by atoms with Crippen molar-refractivity contribution in [2.24, 2.45) is 0 Å². The van der Waals surface area contributed by atoms with Crippen molar-refractivity contribution in [2.45, 2.75) is 67.3 Å². The van der Waals surface area contributed by atoms with Crippen molar-refractivity contribution in [2.75, 3.05) is 0 Å². The number of aryl methyl sites for hydroxylation is 2. The number of benzene rings is 3. The number of rotatable bonds is 7. The van der Waals surface area contributed by atoms with Gasteiger partial charge in [0.05, 0.1) is 11.9 Å². The zero-order valence-corrected chi connectivity index (χ0v) is 22.3. The number of ketones is 1. The van der Waals surface area contributed by atoms with E-state index in [9.17, 15) is 10.1 Å². The maximum absolute atomic E-state index is 9.81. The molecule has 0 bridgehead atoms. The monoisotopic (exact) mass is 483 g/mol. The highest BCUT2D eigenvalue weighted by Gasteiger charge is 2.09. The zero-order valence-electron chi connectivity index (χ0n) is 22.3. The summed E-state index contributed by atoms with van der Waals surface area (Å²) < 4.78 is 8.30. The molecule has 4 rings (SSSR count). The van der Waals surface area contributed by atoms with Crippen LogP contribution in [0.1, 0.15) is 69.8 Å². The number of hydrogen-bond donors (Lipinski definition) is 0. The van der Waals surface area contributed by atoms with E-state index < -0.39 is 0 Å². The van der Waals surface area contributed by atoms with Crippen LogP contribution < -0.4 is 4.74 Å². The predicted molar refractivity (Wildman–Crippen MR) is 148 cm³/mol. The molecule has 0 radical (unpaired) electrons. The van der Waals surface area contributed by atoms with Crippen LogP contribution in [-0.4, -0.2) is 15.3 Å². The first-order valence-corrected chi connectivity index (χ1v) is 12.6. The van der Waals surface area contributed by atoms with Gasteiger partial charge in [0, 0.05) is 24.9 Å². The van der Waals surface area contributed by atoms with Crippen LogP contribution in [-0.2, 0) is 17.8 Å². The number of fused-ring (bicyclic) bond motifs is 1. The minimum atomic E-state index is 0.255. The Morgan fingerprint density at radius 3 is 2.50 bits per heavy atom. The van der Waals surface area contributed by atoms with Gasteiger partial charge >= 0.3 is 0 Å². The lowest BCUT2D eigenvalue weighted by Gasteiger charge is -2.12. The fourth-order valence-electron chi connectivity index (χ4n) is 3.59. The molecule has 0 aliphatic carbocycles. The summed E-state index contributed by atoms with van der Waals surface area (Å²) in [5.74, 6) is 1.56. The number of hydrogen-bond acceptors (Lipinski definition) is 4. The van der Waals surface area contributed by atoms with Gasteiger partial charge in [0.1, 0.15) is 23.4 Å². The Balaban J connectivity index is 0.000000583. The second kappa shape index (κ2) is 14.5. The van der Waals surface area contributed by atoms with E-state index in [1.54, 1.807) is 6.92 Å². The zero-order chi connectivity index (χ0) is 26.5. The third kappa shape index (κ3) is 7.81. The Hall–Kier alpha value is -3.91. The Bertz CT molecular complexity index is 1320. The molecule has 0 fully saturated rings. The summed E-state index contributed by atoms with van der Waals surface area (Å²) in [5.41, 5.74) is 4.01. The van der Waals surface area contributed by atoms with Gasteiger partial charge in [0.2, 0.25) is 0 Å². The van der Waals surface area contributed by atoms with Gasteiger partial charge in [-0.25, -0.2) is 4.98 Å². The van der Waals surface area contributed by atoms with Gasteiger partial charge in [0.15, 0.2) is 0 Å². The summed E-state index contributed by atoms with van der Waals surface area (Å²) in [6.45, 7) is 12.4. The molecule has 0 aliphatic rings. The van der Waals surface area contributed by atoms with Gasteiger partial charge in [-0.05, 0) is 66.4 Å². The summed E-state index contributed by atoms with van der Waals surface area (Å²) in [5, 5.41) is 11.9. The second-order valence-corrected chi connectivity index (χ2v) is 8.32. The third-order valence-electron chi connectivity index (χ3n) is 5.62. The summed E-state index contributed by atoms with van der Waals surface area (Å²) in [4.78, 5) is 14.1. The Morgan fingerprint density at radius 1 is 1.08 bits per heavy atom. The van der Waals surface area contributed by atoms with E-state index in [0.717, 1.165) is 29.5 Å². The lowest BCUT2D eigenvalue weighted by Crippen LogP contribution is -2.03. The number of ether oxygens (including phenoxy) is 1. The molecule has 0 atom stereocenters. The number of aromatic nitrogens is 2. The lowest BCUT2D eigenvalue weighted by atomic mass is 10.1. The topological polar surface area (TPSA) is 67.9 Å². The van der Waals surface area contributed by atoms with Crippen molar-refractivity contribution < 1.29 is 9.53 Å². The molecule has 4 aromatic rings. The third-order valence-corrected chi connectivity index (χ3v) is 5.62. The number of nitriles is 1. The largest absolute Gasteiger partial charge is 0.456 e. The second-order valence-electron chi connectivity index (χ2n) is 8.32. The SMILES string of the molecule is CC.CCC(C)=O.CCCc1cncn1Cc1ccc(C#N)c(Oc2ccc3cccc(C)c3c2)c1. The van der Waals surface area contributed by atoms with Gasteiger partial charge in [-0.3, -0.25) is 0 Å². The van der Waals surface area contributed by atoms with Crippen molar-refractivity contribution in [1.29, 1.82) is 5.26 Å². The van der Waals surface area contributed by atoms with E-state index in [1.807, 2.05) is 63.6 Å². The van der Waals surface area contributed by atoms with Crippen LogP contribution in [0.3, 0.4) is 0 Å². The first kappa shape index (κ1) is 28.3. The number of Topliss-reactive ketones (excluding diaryl/α,β-unsaturated/α-hetero) is 1. The molecule has 5 heteroatoms. The summed E-state index contributed by atoms with van der Waals surface area (Å²) in [6, 6.07) is 20.3. The van der Waals surface area contributed by atoms with Crippen molar-refractivity contribution in [1.82, 2.24) is 9.55 Å². The molecule has 1 heterocycles. The van der Waals surface area contributed by atoms with Crippen LogP contribution in [0.15, 0.2) is 67.1 Å². The van der Waals surface area contributed by atoms with E-state index in [4.69, 9.17) is 4.74 Å². The van der Waals surface area contributed by atoms with Crippen molar-refractivity contribution in [3.8, 4) is 17.6 Å². The van der Waals surface area contributed by atoms with Crippen molar-refractivity contribution in [3.63, 3.8) is 0 Å². The molecular formula is C31H37N3O2. The maximum atomic E-state index is 9.81. The quantitative estimate of drug-likeness (QED) is 0.267. The summed E-state index contributed by atoms with van der Waals surface area (Å²) in [7, 11) is 0. The average molecular weight is 484 g/mol. The highest BCUT2D eigenvalue weighted by atomic mass is 16.5. The highest BCUT2D eigenvalue weighted by Crippen LogP contribution is 2.30. The van der Waals surface area contributed by atoms with Crippen LogP contribution in [0, 0.1) is 18.3 Å². The minimum Gasteiger partial charge on any atom is -0.456 e. The molecule has 0 aliphatic heterocycles. The van der Waals surface area contributed by atoms with Crippen LogP contribution in [0.2, 0.25) is 0 Å². The normalized spacial score (nSPS) is 9.92.